The number of hydrogen-bond acceptors (Lipinski definition) is 6. The Morgan fingerprint density at radius 3 is 2.45 bits per heavy atom. The number of sulfonamides is 1. The van der Waals surface area contributed by atoms with Crippen LogP contribution in [0.2, 0.25) is 0 Å². The Hall–Kier alpha value is -2.93. The second-order valence-corrected chi connectivity index (χ2v) is 8.41. The zero-order valence-corrected chi connectivity index (χ0v) is 17.9. The van der Waals surface area contributed by atoms with E-state index >= 15 is 0 Å². The SMILES string of the molecule is Cc1nn(C)c(C)c1NC(=O)C(C)OC(=O)CNS(=O)(=O)c1cccc(C(F)(F)F)c1. The summed E-state index contributed by atoms with van der Waals surface area (Å²) in [4.78, 5) is 23.5. The summed E-state index contributed by atoms with van der Waals surface area (Å²) in [6.45, 7) is 3.83. The molecule has 0 saturated carbocycles. The van der Waals surface area contributed by atoms with Gasteiger partial charge in [-0.05, 0) is 39.0 Å². The maximum absolute atomic E-state index is 12.8. The molecule has 0 spiro atoms. The van der Waals surface area contributed by atoms with Crippen LogP contribution >= 0.6 is 0 Å². The van der Waals surface area contributed by atoms with E-state index < -0.39 is 51.2 Å². The van der Waals surface area contributed by atoms with Gasteiger partial charge < -0.3 is 10.1 Å². The van der Waals surface area contributed by atoms with Crippen LogP contribution in [0.25, 0.3) is 0 Å². The summed E-state index contributed by atoms with van der Waals surface area (Å²) >= 11 is 0. The summed E-state index contributed by atoms with van der Waals surface area (Å²) in [6, 6.07) is 3.06. The fraction of sp³-hybridized carbons (Fsp3) is 0.389. The van der Waals surface area contributed by atoms with E-state index in [1.165, 1.54) is 6.92 Å². The zero-order valence-electron chi connectivity index (χ0n) is 17.1. The Morgan fingerprint density at radius 2 is 1.90 bits per heavy atom. The van der Waals surface area contributed by atoms with Crippen LogP contribution in [0.1, 0.15) is 23.9 Å². The van der Waals surface area contributed by atoms with E-state index in [1.54, 1.807) is 25.6 Å². The Labute approximate surface area is 176 Å². The molecule has 170 valence electrons. The number of alkyl halides is 3. The van der Waals surface area contributed by atoms with E-state index in [0.29, 0.717) is 23.1 Å². The van der Waals surface area contributed by atoms with Gasteiger partial charge in [0.1, 0.15) is 6.54 Å². The molecule has 13 heteroatoms. The normalized spacial score (nSPS) is 13.0. The van der Waals surface area contributed by atoms with Gasteiger partial charge >= 0.3 is 12.1 Å². The number of aryl methyl sites for hydroxylation is 2. The molecular weight excluding hydrogens is 441 g/mol. The lowest BCUT2D eigenvalue weighted by Gasteiger charge is -2.14. The van der Waals surface area contributed by atoms with Crippen molar-refractivity contribution < 1.29 is 35.9 Å². The van der Waals surface area contributed by atoms with Crippen LogP contribution in [-0.4, -0.2) is 42.7 Å². The Kier molecular flexibility index (Phi) is 7.11. The number of ether oxygens (including phenoxy) is 1. The average Bonchev–Trinajstić information content (AvgIpc) is 2.92. The summed E-state index contributed by atoms with van der Waals surface area (Å²) in [5, 5.41) is 6.72. The van der Waals surface area contributed by atoms with Crippen molar-refractivity contribution in [2.75, 3.05) is 11.9 Å². The van der Waals surface area contributed by atoms with Crippen molar-refractivity contribution in [2.24, 2.45) is 7.05 Å². The van der Waals surface area contributed by atoms with E-state index in [0.717, 1.165) is 18.2 Å². The van der Waals surface area contributed by atoms with Gasteiger partial charge in [0.25, 0.3) is 5.91 Å². The molecular formula is C18H21F3N4O5S. The molecule has 1 aromatic carbocycles. The van der Waals surface area contributed by atoms with Crippen LogP contribution in [0.4, 0.5) is 18.9 Å². The molecule has 1 unspecified atom stereocenters. The fourth-order valence-electron chi connectivity index (χ4n) is 2.55. The number of esters is 1. The lowest BCUT2D eigenvalue weighted by atomic mass is 10.2. The van der Waals surface area contributed by atoms with Gasteiger partial charge in [-0.15, -0.1) is 0 Å². The molecule has 31 heavy (non-hydrogen) atoms. The van der Waals surface area contributed by atoms with Crippen LogP contribution in [0, 0.1) is 13.8 Å². The first-order valence-corrected chi connectivity index (χ1v) is 10.4. The third-order valence-electron chi connectivity index (χ3n) is 4.31. The molecule has 2 rings (SSSR count). The van der Waals surface area contributed by atoms with Gasteiger partial charge in [0.15, 0.2) is 6.10 Å². The molecule has 2 N–H and O–H groups in total. The van der Waals surface area contributed by atoms with Gasteiger partial charge in [-0.3, -0.25) is 14.3 Å². The zero-order chi connectivity index (χ0) is 23.6. The summed E-state index contributed by atoms with van der Waals surface area (Å²) in [7, 11) is -2.72. The molecule has 0 aliphatic heterocycles. The topological polar surface area (TPSA) is 119 Å². The summed E-state index contributed by atoms with van der Waals surface area (Å²) in [5.41, 5.74) is 0.545. The quantitative estimate of drug-likeness (QED) is 0.607. The van der Waals surface area contributed by atoms with Crippen molar-refractivity contribution in [2.45, 2.75) is 37.9 Å². The van der Waals surface area contributed by atoms with E-state index in [2.05, 4.69) is 10.4 Å². The molecule has 0 saturated heterocycles. The van der Waals surface area contributed by atoms with E-state index in [-0.39, 0.29) is 0 Å². The highest BCUT2D eigenvalue weighted by Crippen LogP contribution is 2.30. The van der Waals surface area contributed by atoms with Gasteiger partial charge in [-0.25, -0.2) is 8.42 Å². The first-order chi connectivity index (χ1) is 14.2. The van der Waals surface area contributed by atoms with Crippen molar-refractivity contribution in [3.8, 4) is 0 Å². The predicted octanol–water partition coefficient (Wildman–Crippen LogP) is 1.90. The van der Waals surface area contributed by atoms with Crippen LogP contribution in [0.3, 0.4) is 0 Å². The number of anilines is 1. The number of carbonyl (C=O) groups is 2. The highest BCUT2D eigenvalue weighted by Gasteiger charge is 2.32. The number of carbonyl (C=O) groups excluding carboxylic acids is 2. The molecule has 1 amide bonds. The number of hydrogen-bond donors (Lipinski definition) is 2. The minimum Gasteiger partial charge on any atom is -0.452 e. The largest absolute Gasteiger partial charge is 0.452 e. The van der Waals surface area contributed by atoms with Gasteiger partial charge in [-0.1, -0.05) is 6.07 Å². The molecule has 1 atom stereocenters. The molecule has 0 bridgehead atoms. The van der Waals surface area contributed by atoms with Crippen LogP contribution in [0.5, 0.6) is 0 Å². The van der Waals surface area contributed by atoms with Crippen LogP contribution in [0.15, 0.2) is 29.2 Å². The van der Waals surface area contributed by atoms with Crippen molar-refractivity contribution in [3.63, 3.8) is 0 Å². The minimum atomic E-state index is -4.72. The Balaban J connectivity index is 1.97. The average molecular weight is 462 g/mol. The minimum absolute atomic E-state index is 0.447. The first-order valence-electron chi connectivity index (χ1n) is 8.90. The monoisotopic (exact) mass is 462 g/mol. The number of nitrogens with zero attached hydrogens (tertiary/aromatic N) is 2. The molecule has 1 aromatic heterocycles. The number of amides is 1. The molecule has 0 aliphatic rings. The summed E-state index contributed by atoms with van der Waals surface area (Å²) in [5.74, 6) is -1.74. The summed E-state index contributed by atoms with van der Waals surface area (Å²) < 4.78 is 71.0. The third kappa shape index (κ3) is 6.04. The lowest BCUT2D eigenvalue weighted by molar-refractivity contribution is -0.151. The molecule has 1 heterocycles. The number of halogens is 3. The third-order valence-corrected chi connectivity index (χ3v) is 5.71. The molecule has 2 aromatic rings. The standard InChI is InChI=1S/C18H21F3N4O5S/c1-10-16(11(2)25(4)24-10)23-17(27)12(3)30-15(26)9-22-31(28,29)14-7-5-6-13(8-14)18(19,20)21/h5-8,12,22H,9H2,1-4H3,(H,23,27). The van der Waals surface area contributed by atoms with Gasteiger partial charge in [0.2, 0.25) is 10.0 Å². The highest BCUT2D eigenvalue weighted by molar-refractivity contribution is 7.89. The lowest BCUT2D eigenvalue weighted by Crippen LogP contribution is -2.36. The second-order valence-electron chi connectivity index (χ2n) is 6.64. The number of nitrogens with one attached hydrogen (secondary N) is 2. The maximum Gasteiger partial charge on any atom is 0.416 e. The molecule has 0 aliphatic carbocycles. The van der Waals surface area contributed by atoms with Crippen molar-refractivity contribution in [1.29, 1.82) is 0 Å². The van der Waals surface area contributed by atoms with Crippen molar-refractivity contribution in [1.82, 2.24) is 14.5 Å². The van der Waals surface area contributed by atoms with Crippen molar-refractivity contribution >= 4 is 27.6 Å². The van der Waals surface area contributed by atoms with Gasteiger partial charge in [-0.2, -0.15) is 23.0 Å². The number of benzene rings is 1. The molecule has 9 nitrogen and oxygen atoms in total. The van der Waals surface area contributed by atoms with Crippen LogP contribution < -0.4 is 10.0 Å². The number of rotatable bonds is 7. The first kappa shape index (κ1) is 24.3. The smallest absolute Gasteiger partial charge is 0.416 e. The van der Waals surface area contributed by atoms with Gasteiger partial charge in [0, 0.05) is 7.05 Å². The second kappa shape index (κ2) is 9.06. The Morgan fingerprint density at radius 1 is 1.26 bits per heavy atom. The van der Waals surface area contributed by atoms with Gasteiger partial charge in [0.05, 0.1) is 27.5 Å². The Bertz CT molecular complexity index is 1100. The van der Waals surface area contributed by atoms with E-state index in [1.807, 2.05) is 4.72 Å². The van der Waals surface area contributed by atoms with Crippen molar-refractivity contribution in [3.05, 3.63) is 41.2 Å². The highest BCUT2D eigenvalue weighted by atomic mass is 32.2. The van der Waals surface area contributed by atoms with E-state index in [9.17, 15) is 31.2 Å². The number of aromatic nitrogens is 2. The van der Waals surface area contributed by atoms with E-state index in [4.69, 9.17) is 4.74 Å². The summed E-state index contributed by atoms with van der Waals surface area (Å²) in [6.07, 6.45) is -5.98. The molecule has 0 radical (unpaired) electrons. The predicted molar refractivity (Wildman–Crippen MR) is 103 cm³/mol. The fourth-order valence-corrected chi connectivity index (χ4v) is 3.56. The van der Waals surface area contributed by atoms with Crippen LogP contribution in [-0.2, 0) is 37.6 Å². The maximum atomic E-state index is 12.8. The molecule has 0 fully saturated rings.